The van der Waals surface area contributed by atoms with E-state index in [1.54, 1.807) is 23.5 Å². The van der Waals surface area contributed by atoms with Crippen molar-refractivity contribution in [1.82, 2.24) is 4.90 Å². The van der Waals surface area contributed by atoms with Gasteiger partial charge in [0, 0.05) is 24.4 Å². The molecular weight excluding hydrogens is 334 g/mol. The first kappa shape index (κ1) is 17.7. The van der Waals surface area contributed by atoms with Gasteiger partial charge in [-0.2, -0.15) is 0 Å². The van der Waals surface area contributed by atoms with Gasteiger partial charge in [-0.15, -0.1) is 11.3 Å². The van der Waals surface area contributed by atoms with Crippen LogP contribution >= 0.6 is 11.3 Å². The first-order valence-corrected chi connectivity index (χ1v) is 9.66. The number of unbranched alkanes of at least 4 members (excludes halogenated alkanes) is 2. The molecule has 1 aromatic carbocycles. The fraction of sp³-hybridized carbons (Fsp3) is 0.400. The molecule has 1 aliphatic heterocycles. The fourth-order valence-electron chi connectivity index (χ4n) is 3.27. The number of rotatable bonds is 7. The van der Waals surface area contributed by atoms with Crippen LogP contribution in [0.5, 0.6) is 0 Å². The maximum atomic E-state index is 12.4. The molecule has 3 rings (SSSR count). The van der Waals surface area contributed by atoms with Gasteiger partial charge in [-0.05, 0) is 60.4 Å². The van der Waals surface area contributed by atoms with Gasteiger partial charge in [-0.1, -0.05) is 18.6 Å². The van der Waals surface area contributed by atoms with Crippen LogP contribution in [0.25, 0.3) is 0 Å². The number of fused-ring (bicyclic) bond motifs is 1. The van der Waals surface area contributed by atoms with Gasteiger partial charge in [0.2, 0.25) is 5.91 Å². The molecule has 1 N–H and O–H groups in total. The maximum Gasteiger partial charge on any atom is 0.335 e. The number of hydrogen-bond donors (Lipinski definition) is 1. The summed E-state index contributed by atoms with van der Waals surface area (Å²) in [4.78, 5) is 26.8. The molecule has 0 aliphatic carbocycles. The molecule has 25 heavy (non-hydrogen) atoms. The van der Waals surface area contributed by atoms with Crippen molar-refractivity contribution in [1.29, 1.82) is 0 Å². The van der Waals surface area contributed by atoms with E-state index < -0.39 is 5.97 Å². The van der Waals surface area contributed by atoms with E-state index in [9.17, 15) is 9.59 Å². The second kappa shape index (κ2) is 8.30. The lowest BCUT2D eigenvalue weighted by molar-refractivity contribution is -0.132. The number of benzene rings is 1. The topological polar surface area (TPSA) is 57.6 Å². The number of carbonyl (C=O) groups excluding carboxylic acids is 1. The minimum absolute atomic E-state index is 0.183. The second-order valence-electron chi connectivity index (χ2n) is 6.49. The van der Waals surface area contributed by atoms with E-state index in [-0.39, 0.29) is 5.91 Å². The third-order valence-corrected chi connectivity index (χ3v) is 5.65. The van der Waals surface area contributed by atoms with Crippen molar-refractivity contribution in [2.75, 3.05) is 6.54 Å². The summed E-state index contributed by atoms with van der Waals surface area (Å²) < 4.78 is 0. The molecule has 132 valence electrons. The van der Waals surface area contributed by atoms with E-state index in [4.69, 9.17) is 5.11 Å². The van der Waals surface area contributed by atoms with Gasteiger partial charge >= 0.3 is 5.97 Å². The van der Waals surface area contributed by atoms with Gasteiger partial charge in [-0.3, -0.25) is 4.79 Å². The Morgan fingerprint density at radius 1 is 1.12 bits per heavy atom. The first-order valence-electron chi connectivity index (χ1n) is 8.79. The summed E-state index contributed by atoms with van der Waals surface area (Å²) in [6, 6.07) is 9.47. The number of nitrogens with zero attached hydrogens (tertiary/aromatic N) is 1. The highest BCUT2D eigenvalue weighted by Crippen LogP contribution is 2.22. The molecule has 5 heteroatoms. The monoisotopic (exact) mass is 357 g/mol. The number of aromatic carboxylic acids is 1. The zero-order valence-corrected chi connectivity index (χ0v) is 15.1. The lowest BCUT2D eigenvalue weighted by Gasteiger charge is -2.29. The summed E-state index contributed by atoms with van der Waals surface area (Å²) >= 11 is 1.79. The molecule has 0 fully saturated rings. The summed E-state index contributed by atoms with van der Waals surface area (Å²) in [6.07, 6.45) is 5.59. The predicted molar refractivity (Wildman–Crippen MR) is 99.0 cm³/mol. The number of carbonyl (C=O) groups is 2. The highest BCUT2D eigenvalue weighted by molar-refractivity contribution is 7.09. The van der Waals surface area contributed by atoms with E-state index >= 15 is 0 Å². The number of hydrogen-bond acceptors (Lipinski definition) is 3. The summed E-state index contributed by atoms with van der Waals surface area (Å²) in [6.45, 7) is 1.26. The van der Waals surface area contributed by atoms with E-state index in [1.807, 2.05) is 11.0 Å². The summed E-state index contributed by atoms with van der Waals surface area (Å²) in [5, 5.41) is 11.2. The van der Waals surface area contributed by atoms with Crippen LogP contribution < -0.4 is 0 Å². The number of carboxylic acids is 1. The molecule has 0 spiro atoms. The Bertz CT molecular complexity index is 739. The number of thiophene rings is 1. The second-order valence-corrected chi connectivity index (χ2v) is 7.53. The van der Waals surface area contributed by atoms with Crippen molar-refractivity contribution >= 4 is 23.2 Å². The number of aryl methyl sites for hydroxylation is 1. The van der Waals surface area contributed by atoms with Crippen molar-refractivity contribution in [2.45, 2.75) is 45.1 Å². The molecule has 2 aromatic rings. The molecule has 0 bridgehead atoms. The minimum Gasteiger partial charge on any atom is -0.478 e. The van der Waals surface area contributed by atoms with Crippen LogP contribution in [-0.2, 0) is 24.2 Å². The molecule has 2 heterocycles. The van der Waals surface area contributed by atoms with Gasteiger partial charge < -0.3 is 10.0 Å². The van der Waals surface area contributed by atoms with Gasteiger partial charge in [0.1, 0.15) is 0 Å². The Hall–Kier alpha value is -2.14. The van der Waals surface area contributed by atoms with E-state index in [1.165, 1.54) is 4.88 Å². The van der Waals surface area contributed by atoms with Crippen molar-refractivity contribution in [3.8, 4) is 0 Å². The summed E-state index contributed by atoms with van der Waals surface area (Å²) in [7, 11) is 0. The van der Waals surface area contributed by atoms with E-state index in [0.29, 0.717) is 18.5 Å². The van der Waals surface area contributed by atoms with Gasteiger partial charge in [0.25, 0.3) is 0 Å². The molecule has 1 aliphatic rings. The predicted octanol–water partition coefficient (Wildman–Crippen LogP) is 4.13. The quantitative estimate of drug-likeness (QED) is 0.758. The lowest BCUT2D eigenvalue weighted by Crippen LogP contribution is -2.35. The van der Waals surface area contributed by atoms with E-state index in [0.717, 1.165) is 49.8 Å². The highest BCUT2D eigenvalue weighted by Gasteiger charge is 2.21. The lowest BCUT2D eigenvalue weighted by atomic mass is 9.97. The standard InChI is InChI=1S/C20H23NO3S/c22-19(7-3-1-2-5-18-6-4-12-25-18)21-11-10-15-8-9-16(20(23)24)13-17(15)14-21/h4,6,8-9,12-13H,1-3,5,7,10-11,14H2,(H,23,24). The Kier molecular flexibility index (Phi) is 5.87. The molecule has 0 atom stereocenters. The van der Waals surface area contributed by atoms with Crippen LogP contribution in [0.1, 0.15) is 52.0 Å². The molecular formula is C20H23NO3S. The molecule has 0 radical (unpaired) electrons. The molecule has 1 amide bonds. The number of amides is 1. The van der Waals surface area contributed by atoms with Crippen molar-refractivity contribution in [3.05, 3.63) is 57.3 Å². The molecule has 0 unspecified atom stereocenters. The van der Waals surface area contributed by atoms with Crippen LogP contribution in [0.2, 0.25) is 0 Å². The SMILES string of the molecule is O=C(O)c1ccc2c(c1)CN(C(=O)CCCCCc1cccs1)CC2. The smallest absolute Gasteiger partial charge is 0.335 e. The van der Waals surface area contributed by atoms with Gasteiger partial charge in [-0.25, -0.2) is 4.79 Å². The van der Waals surface area contributed by atoms with Crippen molar-refractivity contribution in [2.24, 2.45) is 0 Å². The summed E-state index contributed by atoms with van der Waals surface area (Å²) in [5.41, 5.74) is 2.42. The Morgan fingerprint density at radius 3 is 2.76 bits per heavy atom. The first-order chi connectivity index (χ1) is 12.1. The Morgan fingerprint density at radius 2 is 2.00 bits per heavy atom. The largest absolute Gasteiger partial charge is 0.478 e. The van der Waals surface area contributed by atoms with Crippen LogP contribution in [0.4, 0.5) is 0 Å². The zero-order chi connectivity index (χ0) is 17.6. The average Bonchev–Trinajstić information content (AvgIpc) is 3.13. The highest BCUT2D eigenvalue weighted by atomic mass is 32.1. The fourth-order valence-corrected chi connectivity index (χ4v) is 4.02. The molecule has 0 saturated heterocycles. The third-order valence-electron chi connectivity index (χ3n) is 4.71. The van der Waals surface area contributed by atoms with Crippen LogP contribution in [-0.4, -0.2) is 28.4 Å². The average molecular weight is 357 g/mol. The van der Waals surface area contributed by atoms with Crippen LogP contribution in [0.15, 0.2) is 35.7 Å². The molecule has 4 nitrogen and oxygen atoms in total. The molecule has 0 saturated carbocycles. The Labute approximate surface area is 152 Å². The van der Waals surface area contributed by atoms with Gasteiger partial charge in [0.05, 0.1) is 5.56 Å². The third kappa shape index (κ3) is 4.69. The zero-order valence-electron chi connectivity index (χ0n) is 14.2. The Balaban J connectivity index is 1.45. The maximum absolute atomic E-state index is 12.4. The van der Waals surface area contributed by atoms with Crippen molar-refractivity contribution in [3.63, 3.8) is 0 Å². The van der Waals surface area contributed by atoms with Gasteiger partial charge in [0.15, 0.2) is 0 Å². The van der Waals surface area contributed by atoms with Crippen LogP contribution in [0.3, 0.4) is 0 Å². The van der Waals surface area contributed by atoms with E-state index in [2.05, 4.69) is 17.5 Å². The van der Waals surface area contributed by atoms with Crippen molar-refractivity contribution < 1.29 is 14.7 Å². The molecule has 1 aromatic heterocycles. The van der Waals surface area contributed by atoms with Crippen LogP contribution in [0, 0.1) is 0 Å². The number of carboxylic acid groups (broad SMARTS) is 1. The minimum atomic E-state index is -0.919. The normalized spacial score (nSPS) is 13.5. The summed E-state index contributed by atoms with van der Waals surface area (Å²) in [5.74, 6) is -0.737.